The van der Waals surface area contributed by atoms with Crippen molar-refractivity contribution in [2.24, 2.45) is 10.8 Å². The number of aromatic nitrogens is 2. The van der Waals surface area contributed by atoms with Gasteiger partial charge in [0.05, 0.1) is 24.6 Å². The van der Waals surface area contributed by atoms with Crippen molar-refractivity contribution in [1.82, 2.24) is 14.9 Å². The van der Waals surface area contributed by atoms with Crippen molar-refractivity contribution in [3.63, 3.8) is 0 Å². The Morgan fingerprint density at radius 1 is 1.05 bits per heavy atom. The molecule has 0 unspecified atom stereocenters. The number of guanidine groups is 1. The predicted molar refractivity (Wildman–Crippen MR) is 150 cm³/mol. The Morgan fingerprint density at radius 3 is 2.55 bits per heavy atom. The average Bonchev–Trinajstić information content (AvgIpc) is 2.97. The zero-order valence-corrected chi connectivity index (χ0v) is 21.4. The summed E-state index contributed by atoms with van der Waals surface area (Å²) >= 11 is 0. The molecule has 0 spiro atoms. The Labute approximate surface area is 222 Å². The first-order valence-corrected chi connectivity index (χ1v) is 12.9. The highest BCUT2D eigenvalue weighted by atomic mass is 19.1. The molecule has 0 saturated carbocycles. The molecule has 0 bridgehead atoms. The Kier molecular flexibility index (Phi) is 7.98. The van der Waals surface area contributed by atoms with E-state index < -0.39 is 0 Å². The zero-order chi connectivity index (χ0) is 26.3. The average molecular weight is 517 g/mol. The molecule has 2 aliphatic rings. The summed E-state index contributed by atoms with van der Waals surface area (Å²) in [6.45, 7) is 8.43. The smallest absolute Gasteiger partial charge is 0.227 e. The van der Waals surface area contributed by atoms with Crippen molar-refractivity contribution < 1.29 is 9.13 Å². The van der Waals surface area contributed by atoms with Crippen LogP contribution in [0.2, 0.25) is 0 Å². The van der Waals surface area contributed by atoms with Crippen LogP contribution in [0, 0.1) is 5.82 Å². The van der Waals surface area contributed by atoms with E-state index in [-0.39, 0.29) is 5.82 Å². The summed E-state index contributed by atoms with van der Waals surface area (Å²) < 4.78 is 19.9. The molecule has 1 aromatic heterocycles. The second-order valence-corrected chi connectivity index (χ2v) is 9.27. The molecule has 3 aromatic rings. The van der Waals surface area contributed by atoms with Crippen molar-refractivity contribution in [3.05, 3.63) is 73.3 Å². The van der Waals surface area contributed by atoms with Crippen LogP contribution >= 0.6 is 0 Å². The van der Waals surface area contributed by atoms with Crippen LogP contribution in [0.25, 0.3) is 11.3 Å². The lowest BCUT2D eigenvalue weighted by atomic mass is 10.1. The number of halogens is 1. The normalized spacial score (nSPS) is 16.3. The molecular formula is C28H33FN8O. The number of rotatable bonds is 7. The minimum absolute atomic E-state index is 0.268. The van der Waals surface area contributed by atoms with Gasteiger partial charge in [-0.1, -0.05) is 6.58 Å². The van der Waals surface area contributed by atoms with E-state index in [0.29, 0.717) is 43.9 Å². The number of hydrogen-bond donors (Lipinski definition) is 2. The third kappa shape index (κ3) is 6.20. The number of nitrogens with two attached hydrogens (primary N) is 1. The Balaban J connectivity index is 1.29. The van der Waals surface area contributed by atoms with E-state index in [1.54, 1.807) is 29.5 Å². The molecule has 2 fully saturated rings. The number of hydrazone groups is 1. The lowest BCUT2D eigenvalue weighted by Gasteiger charge is -2.29. The summed E-state index contributed by atoms with van der Waals surface area (Å²) in [6, 6.07) is 14.5. The monoisotopic (exact) mass is 516 g/mol. The van der Waals surface area contributed by atoms with Gasteiger partial charge in [0.15, 0.2) is 0 Å². The van der Waals surface area contributed by atoms with Crippen LogP contribution in [0.5, 0.6) is 0 Å². The molecule has 0 atom stereocenters. The SMILES string of the molecule is C=CN(/N=C(\N)N1CCOCC1)c1ccc(Nc2nccc(-c3cc(F)cc(N4CCCCC4)c3)n2)cc1. The topological polar surface area (TPSA) is 95.1 Å². The maximum absolute atomic E-state index is 14.5. The third-order valence-electron chi connectivity index (χ3n) is 6.66. The van der Waals surface area contributed by atoms with Crippen molar-refractivity contribution in [1.29, 1.82) is 0 Å². The lowest BCUT2D eigenvalue weighted by Crippen LogP contribution is -2.45. The number of benzene rings is 2. The van der Waals surface area contributed by atoms with Crippen molar-refractivity contribution >= 4 is 29.0 Å². The van der Waals surface area contributed by atoms with Crippen LogP contribution in [-0.2, 0) is 4.74 Å². The van der Waals surface area contributed by atoms with Gasteiger partial charge in [-0.25, -0.2) is 19.4 Å². The molecule has 10 heteroatoms. The van der Waals surface area contributed by atoms with Crippen molar-refractivity contribution in [2.75, 3.05) is 54.6 Å². The predicted octanol–water partition coefficient (Wildman–Crippen LogP) is 4.53. The van der Waals surface area contributed by atoms with E-state index in [1.807, 2.05) is 35.2 Å². The standard InChI is InChI=1S/C28H33FN8O/c1-2-37(34-27(30)36-14-16-38-17-15-36)24-8-6-23(7-9-24)32-28-31-11-10-26(33-28)21-18-22(29)20-25(19-21)35-12-4-3-5-13-35/h2,6-11,18-20H,1,3-5,12-17H2,(H2,30,34)(H,31,32,33). The van der Waals surface area contributed by atoms with Gasteiger partial charge >= 0.3 is 0 Å². The zero-order valence-electron chi connectivity index (χ0n) is 21.4. The summed E-state index contributed by atoms with van der Waals surface area (Å²) in [5.74, 6) is 0.575. The van der Waals surface area contributed by atoms with E-state index in [1.165, 1.54) is 12.5 Å². The van der Waals surface area contributed by atoms with Crippen LogP contribution < -0.4 is 21.0 Å². The van der Waals surface area contributed by atoms with Gasteiger partial charge in [-0.15, -0.1) is 5.10 Å². The number of morpholine rings is 1. The van der Waals surface area contributed by atoms with Crippen molar-refractivity contribution in [3.8, 4) is 11.3 Å². The minimum atomic E-state index is -0.268. The molecule has 2 aromatic carbocycles. The first-order chi connectivity index (χ1) is 18.6. The number of hydrogen-bond acceptors (Lipinski definition) is 7. The molecule has 3 heterocycles. The van der Waals surface area contributed by atoms with Crippen molar-refractivity contribution in [2.45, 2.75) is 19.3 Å². The fourth-order valence-corrected chi connectivity index (χ4v) is 4.63. The van der Waals surface area contributed by atoms with Crippen LogP contribution in [0.15, 0.2) is 72.6 Å². The van der Waals surface area contributed by atoms with E-state index in [0.717, 1.165) is 48.6 Å². The molecule has 9 nitrogen and oxygen atoms in total. The van der Waals surface area contributed by atoms with Gasteiger partial charge in [-0.3, -0.25) is 0 Å². The highest BCUT2D eigenvalue weighted by molar-refractivity contribution is 5.79. The molecule has 3 N–H and O–H groups in total. The first-order valence-electron chi connectivity index (χ1n) is 12.9. The summed E-state index contributed by atoms with van der Waals surface area (Å²) in [6.07, 6.45) is 6.77. The molecule has 0 amide bonds. The molecule has 2 aliphatic heterocycles. The summed E-state index contributed by atoms with van der Waals surface area (Å²) in [5, 5.41) is 9.36. The lowest BCUT2D eigenvalue weighted by molar-refractivity contribution is 0.0674. The van der Waals surface area contributed by atoms with Gasteiger partial charge in [0.1, 0.15) is 5.82 Å². The minimum Gasteiger partial charge on any atom is -0.378 e. The molecule has 38 heavy (non-hydrogen) atoms. The molecule has 2 saturated heterocycles. The van der Waals surface area contributed by atoms with Crippen LogP contribution in [0.3, 0.4) is 0 Å². The highest BCUT2D eigenvalue weighted by Gasteiger charge is 2.15. The number of piperidine rings is 1. The number of anilines is 4. The fraction of sp³-hybridized carbons (Fsp3) is 0.321. The van der Waals surface area contributed by atoms with E-state index in [4.69, 9.17) is 10.5 Å². The number of nitrogens with zero attached hydrogens (tertiary/aromatic N) is 6. The van der Waals surface area contributed by atoms with Gasteiger partial charge in [-0.2, -0.15) is 0 Å². The van der Waals surface area contributed by atoms with Gasteiger partial charge < -0.3 is 25.6 Å². The third-order valence-corrected chi connectivity index (χ3v) is 6.66. The largest absolute Gasteiger partial charge is 0.378 e. The molecule has 0 aliphatic carbocycles. The van der Waals surface area contributed by atoms with E-state index in [2.05, 4.69) is 31.9 Å². The van der Waals surface area contributed by atoms with Gasteiger partial charge in [0.2, 0.25) is 11.9 Å². The van der Waals surface area contributed by atoms with Gasteiger partial charge in [0.25, 0.3) is 0 Å². The first kappa shape index (κ1) is 25.5. The number of ether oxygens (including phenoxy) is 1. The Bertz CT molecular complexity index is 1270. The maximum atomic E-state index is 14.5. The summed E-state index contributed by atoms with van der Waals surface area (Å²) in [7, 11) is 0. The molecular weight excluding hydrogens is 483 g/mol. The Morgan fingerprint density at radius 2 is 1.82 bits per heavy atom. The molecule has 5 rings (SSSR count). The fourth-order valence-electron chi connectivity index (χ4n) is 4.63. The number of nitrogens with one attached hydrogen (secondary N) is 1. The van der Waals surface area contributed by atoms with E-state index >= 15 is 0 Å². The van der Waals surface area contributed by atoms with Crippen LogP contribution in [-0.4, -0.2) is 60.2 Å². The van der Waals surface area contributed by atoms with Crippen LogP contribution in [0.4, 0.5) is 27.4 Å². The van der Waals surface area contributed by atoms with E-state index in [9.17, 15) is 4.39 Å². The highest BCUT2D eigenvalue weighted by Crippen LogP contribution is 2.28. The quantitative estimate of drug-likeness (QED) is 0.269. The second-order valence-electron chi connectivity index (χ2n) is 9.27. The maximum Gasteiger partial charge on any atom is 0.227 e. The van der Waals surface area contributed by atoms with Gasteiger partial charge in [0, 0.05) is 55.5 Å². The summed E-state index contributed by atoms with van der Waals surface area (Å²) in [5.41, 5.74) is 10.1. The van der Waals surface area contributed by atoms with Crippen LogP contribution in [0.1, 0.15) is 19.3 Å². The second kappa shape index (κ2) is 11.9. The molecule has 0 radical (unpaired) electrons. The summed E-state index contributed by atoms with van der Waals surface area (Å²) in [4.78, 5) is 13.2. The molecule has 198 valence electrons. The van der Waals surface area contributed by atoms with Gasteiger partial charge in [-0.05, 0) is 67.8 Å². The Hall–Kier alpha value is -4.18.